The Hall–Kier alpha value is -3.52. The summed E-state index contributed by atoms with van der Waals surface area (Å²) in [5.41, 5.74) is 3.50. The predicted molar refractivity (Wildman–Crippen MR) is 116 cm³/mol. The molecule has 0 atom stereocenters. The quantitative estimate of drug-likeness (QED) is 0.616. The van der Waals surface area contributed by atoms with Crippen LogP contribution < -0.4 is 20.1 Å². The second kappa shape index (κ2) is 7.96. The minimum Gasteiger partial charge on any atom is -0.454 e. The van der Waals surface area contributed by atoms with Gasteiger partial charge >= 0.3 is 5.69 Å². The lowest BCUT2D eigenvalue weighted by Crippen LogP contribution is -2.46. The van der Waals surface area contributed by atoms with E-state index in [0.29, 0.717) is 35.0 Å². The maximum absolute atomic E-state index is 13.1. The lowest BCUT2D eigenvalue weighted by Gasteiger charge is -2.36. The van der Waals surface area contributed by atoms with Crippen LogP contribution >= 0.6 is 0 Å². The molecular weight excluding hydrogens is 396 g/mol. The van der Waals surface area contributed by atoms with E-state index in [1.54, 1.807) is 18.2 Å². The number of ether oxygens (including phenoxy) is 2. The van der Waals surface area contributed by atoms with Crippen LogP contribution in [0.2, 0.25) is 0 Å². The maximum atomic E-state index is 13.1. The van der Waals surface area contributed by atoms with Crippen molar-refractivity contribution in [1.82, 2.24) is 14.9 Å². The number of hydrogen-bond acceptors (Lipinski definition) is 6. The van der Waals surface area contributed by atoms with Gasteiger partial charge in [-0.05, 0) is 36.8 Å². The zero-order valence-electron chi connectivity index (χ0n) is 17.3. The number of hydrogen-bond donors (Lipinski definition) is 2. The van der Waals surface area contributed by atoms with Gasteiger partial charge < -0.3 is 24.3 Å². The Morgan fingerprint density at radius 2 is 1.77 bits per heavy atom. The summed E-state index contributed by atoms with van der Waals surface area (Å²) < 4.78 is 10.7. The van der Waals surface area contributed by atoms with Crippen LogP contribution in [0.1, 0.15) is 27.3 Å². The summed E-state index contributed by atoms with van der Waals surface area (Å²) in [4.78, 5) is 35.2. The van der Waals surface area contributed by atoms with E-state index in [1.807, 2.05) is 0 Å². The molecule has 1 fully saturated rings. The molecule has 0 aliphatic carbocycles. The van der Waals surface area contributed by atoms with E-state index < -0.39 is 0 Å². The summed E-state index contributed by atoms with van der Waals surface area (Å²) >= 11 is 0. The molecule has 0 spiro atoms. The fourth-order valence-corrected chi connectivity index (χ4v) is 4.20. The number of rotatable bonds is 5. The number of nitrogens with zero attached hydrogens (tertiary/aromatic N) is 2. The van der Waals surface area contributed by atoms with Crippen LogP contribution in [0.15, 0.2) is 47.3 Å². The van der Waals surface area contributed by atoms with E-state index in [9.17, 15) is 9.59 Å². The standard InChI is InChI=1S/C23H24N4O4/c1-15-4-2-3-5-18(15)27-10-8-26(9-11-27)13-17-21(25-23(29)24-17)22(28)16-6-7-19-20(12-16)31-14-30-19/h2-7,12H,8-11,13-14H2,1H3,(H2,24,25,29). The highest BCUT2D eigenvalue weighted by atomic mass is 16.7. The van der Waals surface area contributed by atoms with Crippen molar-refractivity contribution < 1.29 is 14.3 Å². The number of benzene rings is 2. The highest BCUT2D eigenvalue weighted by Crippen LogP contribution is 2.33. The first-order valence-corrected chi connectivity index (χ1v) is 10.4. The molecule has 2 N–H and O–H groups in total. The number of anilines is 1. The first-order valence-electron chi connectivity index (χ1n) is 10.4. The first kappa shape index (κ1) is 19.4. The summed E-state index contributed by atoms with van der Waals surface area (Å²) in [6, 6.07) is 13.4. The molecule has 0 radical (unpaired) electrons. The van der Waals surface area contributed by atoms with Crippen LogP contribution in [0.4, 0.5) is 5.69 Å². The number of aromatic amines is 2. The second-order valence-electron chi connectivity index (χ2n) is 7.88. The van der Waals surface area contributed by atoms with Crippen molar-refractivity contribution in [3.8, 4) is 11.5 Å². The largest absolute Gasteiger partial charge is 0.454 e. The second-order valence-corrected chi connectivity index (χ2v) is 7.88. The van der Waals surface area contributed by atoms with Gasteiger partial charge in [-0.15, -0.1) is 0 Å². The molecule has 5 rings (SSSR count). The third-order valence-corrected chi connectivity index (χ3v) is 5.88. The van der Waals surface area contributed by atoms with Crippen molar-refractivity contribution in [2.75, 3.05) is 37.9 Å². The number of piperazine rings is 1. The number of aryl methyl sites for hydroxylation is 1. The van der Waals surface area contributed by atoms with E-state index >= 15 is 0 Å². The molecular formula is C23H24N4O4. The highest BCUT2D eigenvalue weighted by molar-refractivity contribution is 6.08. The van der Waals surface area contributed by atoms with Gasteiger partial charge in [0.2, 0.25) is 12.6 Å². The van der Waals surface area contributed by atoms with E-state index in [2.05, 4.69) is 51.0 Å². The van der Waals surface area contributed by atoms with Crippen molar-refractivity contribution in [3.63, 3.8) is 0 Å². The van der Waals surface area contributed by atoms with E-state index in [-0.39, 0.29) is 18.3 Å². The van der Waals surface area contributed by atoms with Crippen LogP contribution in [-0.4, -0.2) is 53.6 Å². The lowest BCUT2D eigenvalue weighted by atomic mass is 10.1. The fraction of sp³-hybridized carbons (Fsp3) is 0.304. The zero-order chi connectivity index (χ0) is 21.4. The third kappa shape index (κ3) is 3.82. The van der Waals surface area contributed by atoms with Gasteiger partial charge in [-0.25, -0.2) is 4.79 Å². The average molecular weight is 420 g/mol. The zero-order valence-corrected chi connectivity index (χ0v) is 17.3. The van der Waals surface area contributed by atoms with Crippen LogP contribution in [0.5, 0.6) is 11.5 Å². The van der Waals surface area contributed by atoms with Crippen molar-refractivity contribution >= 4 is 11.5 Å². The maximum Gasteiger partial charge on any atom is 0.323 e. The Labute approximate surface area is 179 Å². The first-order chi connectivity index (χ1) is 15.1. The molecule has 0 bridgehead atoms. The Morgan fingerprint density at radius 3 is 2.58 bits per heavy atom. The summed E-state index contributed by atoms with van der Waals surface area (Å²) in [6.07, 6.45) is 0. The Balaban J connectivity index is 1.30. The van der Waals surface area contributed by atoms with Crippen molar-refractivity contribution in [3.05, 3.63) is 75.5 Å². The van der Waals surface area contributed by atoms with Gasteiger partial charge in [-0.3, -0.25) is 9.69 Å². The number of nitrogens with one attached hydrogen (secondary N) is 2. The number of fused-ring (bicyclic) bond motifs is 1. The van der Waals surface area contributed by atoms with E-state index in [0.717, 1.165) is 26.2 Å². The number of carbonyl (C=O) groups excluding carboxylic acids is 1. The number of imidazole rings is 1. The minimum absolute atomic E-state index is 0.147. The SMILES string of the molecule is Cc1ccccc1N1CCN(Cc2[nH]c(=O)[nH]c2C(=O)c2ccc3c(c2)OCO3)CC1. The van der Waals surface area contributed by atoms with Crippen molar-refractivity contribution in [2.24, 2.45) is 0 Å². The number of para-hydroxylation sites is 1. The number of H-pyrrole nitrogens is 2. The molecule has 31 heavy (non-hydrogen) atoms. The van der Waals surface area contributed by atoms with Crippen LogP contribution in [0, 0.1) is 6.92 Å². The molecule has 2 aromatic carbocycles. The van der Waals surface area contributed by atoms with Gasteiger partial charge in [0.25, 0.3) is 0 Å². The molecule has 0 unspecified atom stereocenters. The molecule has 3 heterocycles. The summed E-state index contributed by atoms with van der Waals surface area (Å²) in [5, 5.41) is 0. The normalized spacial score (nSPS) is 16.0. The Bertz CT molecular complexity index is 1170. The lowest BCUT2D eigenvalue weighted by molar-refractivity contribution is 0.103. The van der Waals surface area contributed by atoms with Crippen LogP contribution in [-0.2, 0) is 6.54 Å². The number of carbonyl (C=O) groups is 1. The van der Waals surface area contributed by atoms with Crippen molar-refractivity contribution in [1.29, 1.82) is 0 Å². The van der Waals surface area contributed by atoms with E-state index in [4.69, 9.17) is 9.47 Å². The van der Waals surface area contributed by atoms with Gasteiger partial charge in [0, 0.05) is 44.0 Å². The van der Waals surface area contributed by atoms with Crippen LogP contribution in [0.3, 0.4) is 0 Å². The summed E-state index contributed by atoms with van der Waals surface area (Å²) in [5.74, 6) is 0.911. The predicted octanol–water partition coefficient (Wildman–Crippen LogP) is 2.29. The molecule has 0 saturated carbocycles. The fourth-order valence-electron chi connectivity index (χ4n) is 4.20. The molecule has 2 aliphatic rings. The molecule has 160 valence electrons. The molecule has 1 saturated heterocycles. The molecule has 8 heteroatoms. The molecule has 3 aromatic rings. The Morgan fingerprint density at radius 1 is 1.00 bits per heavy atom. The van der Waals surface area contributed by atoms with Crippen molar-refractivity contribution in [2.45, 2.75) is 13.5 Å². The number of aromatic nitrogens is 2. The molecule has 8 nitrogen and oxygen atoms in total. The average Bonchev–Trinajstić information content (AvgIpc) is 3.40. The topological polar surface area (TPSA) is 90.7 Å². The smallest absolute Gasteiger partial charge is 0.323 e. The highest BCUT2D eigenvalue weighted by Gasteiger charge is 2.24. The third-order valence-electron chi connectivity index (χ3n) is 5.88. The summed E-state index contributed by atoms with van der Waals surface area (Å²) in [6.45, 7) is 6.26. The van der Waals surface area contributed by atoms with Crippen LogP contribution in [0.25, 0.3) is 0 Å². The van der Waals surface area contributed by atoms with Gasteiger partial charge in [-0.2, -0.15) is 0 Å². The molecule has 1 aromatic heterocycles. The monoisotopic (exact) mass is 420 g/mol. The molecule has 0 amide bonds. The Kier molecular flexibility index (Phi) is 4.99. The van der Waals surface area contributed by atoms with Gasteiger partial charge in [-0.1, -0.05) is 18.2 Å². The minimum atomic E-state index is -0.377. The van der Waals surface area contributed by atoms with Gasteiger partial charge in [0.15, 0.2) is 11.5 Å². The molecule has 2 aliphatic heterocycles. The van der Waals surface area contributed by atoms with Gasteiger partial charge in [0.05, 0.1) is 5.69 Å². The number of ketones is 1. The van der Waals surface area contributed by atoms with Gasteiger partial charge in [0.1, 0.15) is 5.69 Å². The summed E-state index contributed by atoms with van der Waals surface area (Å²) in [7, 11) is 0. The van der Waals surface area contributed by atoms with E-state index in [1.165, 1.54) is 11.3 Å².